The molecule has 0 bridgehead atoms. The highest BCUT2D eigenvalue weighted by Gasteiger charge is 2.15. The number of hydrogen-bond acceptors (Lipinski definition) is 4. The summed E-state index contributed by atoms with van der Waals surface area (Å²) in [5.41, 5.74) is 1.57. The highest BCUT2D eigenvalue weighted by atomic mass is 16.1. The standard InChI is InChI=1S/C16H26N4O/c1-20(2)9-5-8-18-16(21)13-10-15(12-17-11-13)19-14-6-3-4-7-14/h10-12,14,19H,3-9H2,1-2H3,(H,18,21). The quantitative estimate of drug-likeness (QED) is 0.755. The van der Waals surface area contributed by atoms with Gasteiger partial charge in [0.05, 0.1) is 11.3 Å². The van der Waals surface area contributed by atoms with Crippen molar-refractivity contribution >= 4 is 11.6 Å². The molecule has 2 rings (SSSR count). The van der Waals surface area contributed by atoms with Crippen molar-refractivity contribution in [1.29, 1.82) is 0 Å². The molecule has 1 heterocycles. The van der Waals surface area contributed by atoms with Crippen LogP contribution in [0, 0.1) is 0 Å². The lowest BCUT2D eigenvalue weighted by molar-refractivity contribution is 0.0952. The summed E-state index contributed by atoms with van der Waals surface area (Å²) in [6, 6.07) is 2.43. The van der Waals surface area contributed by atoms with Gasteiger partial charge in [0, 0.05) is 25.0 Å². The van der Waals surface area contributed by atoms with Crippen molar-refractivity contribution < 1.29 is 4.79 Å². The first-order chi connectivity index (χ1) is 10.1. The SMILES string of the molecule is CN(C)CCCNC(=O)c1cncc(NC2CCCC2)c1. The van der Waals surface area contributed by atoms with Crippen molar-refractivity contribution in [2.45, 2.75) is 38.1 Å². The average molecular weight is 290 g/mol. The molecule has 5 nitrogen and oxygen atoms in total. The summed E-state index contributed by atoms with van der Waals surface area (Å²) in [6.07, 6.45) is 9.37. The zero-order valence-corrected chi connectivity index (χ0v) is 13.1. The highest BCUT2D eigenvalue weighted by molar-refractivity contribution is 5.94. The maximum atomic E-state index is 12.1. The molecule has 0 atom stereocenters. The Balaban J connectivity index is 1.82. The molecule has 1 fully saturated rings. The number of aromatic nitrogens is 1. The van der Waals surface area contributed by atoms with Gasteiger partial charge in [-0.15, -0.1) is 0 Å². The molecule has 116 valence electrons. The van der Waals surface area contributed by atoms with Gasteiger partial charge in [-0.1, -0.05) is 12.8 Å². The number of carbonyl (C=O) groups is 1. The molecule has 1 aromatic heterocycles. The van der Waals surface area contributed by atoms with Crippen molar-refractivity contribution in [1.82, 2.24) is 15.2 Å². The Morgan fingerprint density at radius 3 is 2.81 bits per heavy atom. The van der Waals surface area contributed by atoms with E-state index in [1.54, 1.807) is 12.4 Å². The van der Waals surface area contributed by atoms with Gasteiger partial charge in [0.2, 0.25) is 0 Å². The highest BCUT2D eigenvalue weighted by Crippen LogP contribution is 2.22. The maximum absolute atomic E-state index is 12.1. The van der Waals surface area contributed by atoms with E-state index >= 15 is 0 Å². The molecule has 0 saturated heterocycles. The fraction of sp³-hybridized carbons (Fsp3) is 0.625. The Kier molecular flexibility index (Phi) is 5.99. The summed E-state index contributed by atoms with van der Waals surface area (Å²) in [6.45, 7) is 1.67. The zero-order valence-electron chi connectivity index (χ0n) is 13.1. The van der Waals surface area contributed by atoms with E-state index in [-0.39, 0.29) is 5.91 Å². The van der Waals surface area contributed by atoms with E-state index in [9.17, 15) is 4.79 Å². The van der Waals surface area contributed by atoms with E-state index in [0.29, 0.717) is 18.2 Å². The summed E-state index contributed by atoms with van der Waals surface area (Å²) in [5.74, 6) is -0.0451. The number of carbonyl (C=O) groups excluding carboxylic acids is 1. The predicted octanol–water partition coefficient (Wildman–Crippen LogP) is 2.12. The van der Waals surface area contributed by atoms with Crippen LogP contribution in [-0.4, -0.2) is 49.0 Å². The summed E-state index contributed by atoms with van der Waals surface area (Å²) in [7, 11) is 4.06. The fourth-order valence-corrected chi connectivity index (χ4v) is 2.65. The van der Waals surface area contributed by atoms with Crippen molar-refractivity contribution in [2.75, 3.05) is 32.5 Å². The van der Waals surface area contributed by atoms with Crippen molar-refractivity contribution in [3.63, 3.8) is 0 Å². The van der Waals surface area contributed by atoms with Crippen molar-refractivity contribution in [3.05, 3.63) is 24.0 Å². The van der Waals surface area contributed by atoms with Gasteiger partial charge in [0.1, 0.15) is 0 Å². The molecule has 0 spiro atoms. The Labute approximate surface area is 127 Å². The molecule has 1 amide bonds. The number of anilines is 1. The molecule has 0 radical (unpaired) electrons. The third-order valence-corrected chi connectivity index (χ3v) is 3.79. The smallest absolute Gasteiger partial charge is 0.252 e. The molecule has 1 aliphatic rings. The largest absolute Gasteiger partial charge is 0.381 e. The fourth-order valence-electron chi connectivity index (χ4n) is 2.65. The van der Waals surface area contributed by atoms with Gasteiger partial charge in [0.15, 0.2) is 0 Å². The first kappa shape index (κ1) is 15.8. The minimum atomic E-state index is -0.0451. The van der Waals surface area contributed by atoms with Crippen LogP contribution in [0.1, 0.15) is 42.5 Å². The molecule has 5 heteroatoms. The number of amides is 1. The monoisotopic (exact) mass is 290 g/mol. The van der Waals surface area contributed by atoms with Gasteiger partial charge >= 0.3 is 0 Å². The van der Waals surface area contributed by atoms with Gasteiger partial charge in [-0.2, -0.15) is 0 Å². The van der Waals surface area contributed by atoms with E-state index in [4.69, 9.17) is 0 Å². The molecule has 1 saturated carbocycles. The van der Waals surface area contributed by atoms with Crippen LogP contribution in [0.4, 0.5) is 5.69 Å². The maximum Gasteiger partial charge on any atom is 0.252 e. The second-order valence-electron chi connectivity index (χ2n) is 6.00. The van der Waals surface area contributed by atoms with Crippen LogP contribution in [0.15, 0.2) is 18.5 Å². The van der Waals surface area contributed by atoms with Crippen molar-refractivity contribution in [2.24, 2.45) is 0 Å². The van der Waals surface area contributed by atoms with Gasteiger partial charge in [0.25, 0.3) is 5.91 Å². The minimum Gasteiger partial charge on any atom is -0.381 e. The van der Waals surface area contributed by atoms with Gasteiger partial charge in [-0.25, -0.2) is 0 Å². The Bertz CT molecular complexity index is 455. The third kappa shape index (κ3) is 5.34. The van der Waals surface area contributed by atoms with Crippen LogP contribution in [0.25, 0.3) is 0 Å². The summed E-state index contributed by atoms with van der Waals surface area (Å²) in [4.78, 5) is 18.4. The Morgan fingerprint density at radius 1 is 1.33 bits per heavy atom. The molecule has 1 aliphatic carbocycles. The summed E-state index contributed by atoms with van der Waals surface area (Å²) >= 11 is 0. The second kappa shape index (κ2) is 7.98. The average Bonchev–Trinajstić information content (AvgIpc) is 2.96. The Morgan fingerprint density at radius 2 is 2.10 bits per heavy atom. The van der Waals surface area contributed by atoms with E-state index in [1.165, 1.54) is 25.7 Å². The summed E-state index contributed by atoms with van der Waals surface area (Å²) in [5, 5.41) is 6.41. The number of nitrogens with one attached hydrogen (secondary N) is 2. The van der Waals surface area contributed by atoms with E-state index in [1.807, 2.05) is 20.2 Å². The molecule has 0 unspecified atom stereocenters. The predicted molar refractivity (Wildman–Crippen MR) is 85.6 cm³/mol. The number of hydrogen-bond donors (Lipinski definition) is 2. The van der Waals surface area contributed by atoms with Gasteiger partial charge in [-0.05, 0) is 46.0 Å². The number of rotatable bonds is 7. The molecule has 0 aromatic carbocycles. The topological polar surface area (TPSA) is 57.3 Å². The van der Waals surface area contributed by atoms with Gasteiger partial charge in [-0.3, -0.25) is 9.78 Å². The lowest BCUT2D eigenvalue weighted by Gasteiger charge is -2.14. The molecule has 1 aromatic rings. The first-order valence-electron chi connectivity index (χ1n) is 7.79. The molecule has 0 aliphatic heterocycles. The second-order valence-corrected chi connectivity index (χ2v) is 6.00. The minimum absolute atomic E-state index is 0.0451. The van der Waals surface area contributed by atoms with E-state index in [0.717, 1.165) is 18.7 Å². The zero-order chi connectivity index (χ0) is 15.1. The molecule has 21 heavy (non-hydrogen) atoms. The first-order valence-corrected chi connectivity index (χ1v) is 7.79. The normalized spacial score (nSPS) is 15.4. The Hall–Kier alpha value is -1.62. The van der Waals surface area contributed by atoms with Crippen LogP contribution in [0.3, 0.4) is 0 Å². The molecule has 2 N–H and O–H groups in total. The van der Waals surface area contributed by atoms with E-state index < -0.39 is 0 Å². The third-order valence-electron chi connectivity index (χ3n) is 3.79. The van der Waals surface area contributed by atoms with E-state index in [2.05, 4.69) is 20.5 Å². The molecular weight excluding hydrogens is 264 g/mol. The van der Waals surface area contributed by atoms with Crippen LogP contribution >= 0.6 is 0 Å². The van der Waals surface area contributed by atoms with Gasteiger partial charge < -0.3 is 15.5 Å². The van der Waals surface area contributed by atoms with Crippen LogP contribution < -0.4 is 10.6 Å². The number of pyridine rings is 1. The van der Waals surface area contributed by atoms with Crippen LogP contribution in [-0.2, 0) is 0 Å². The summed E-state index contributed by atoms with van der Waals surface area (Å²) < 4.78 is 0. The van der Waals surface area contributed by atoms with Crippen LogP contribution in [0.2, 0.25) is 0 Å². The number of nitrogens with zero attached hydrogens (tertiary/aromatic N) is 2. The van der Waals surface area contributed by atoms with Crippen LogP contribution in [0.5, 0.6) is 0 Å². The van der Waals surface area contributed by atoms with Crippen molar-refractivity contribution in [3.8, 4) is 0 Å². The lowest BCUT2D eigenvalue weighted by Crippen LogP contribution is -2.27. The lowest BCUT2D eigenvalue weighted by atomic mass is 10.2. The molecular formula is C16H26N4O.